The maximum atomic E-state index is 12.6. The lowest BCUT2D eigenvalue weighted by molar-refractivity contribution is 0.0951. The molecule has 9 nitrogen and oxygen atoms in total. The Labute approximate surface area is 183 Å². The summed E-state index contributed by atoms with van der Waals surface area (Å²) < 4.78 is 1.88. The average molecular weight is 435 g/mol. The van der Waals surface area contributed by atoms with E-state index in [1.165, 1.54) is 6.33 Å². The maximum absolute atomic E-state index is 12.6. The van der Waals surface area contributed by atoms with Gasteiger partial charge in [-0.15, -0.1) is 21.5 Å². The van der Waals surface area contributed by atoms with E-state index >= 15 is 0 Å². The van der Waals surface area contributed by atoms with Gasteiger partial charge in [0.25, 0.3) is 5.91 Å². The fraction of sp³-hybridized carbons (Fsp3) is 0.238. The molecule has 0 aliphatic carbocycles. The van der Waals surface area contributed by atoms with Crippen LogP contribution < -0.4 is 10.6 Å². The van der Waals surface area contributed by atoms with E-state index in [0.29, 0.717) is 30.2 Å². The topological polar surface area (TPSA) is 111 Å². The number of rotatable bonds is 7. The van der Waals surface area contributed by atoms with Gasteiger partial charge in [0.2, 0.25) is 0 Å². The molecule has 0 radical (unpaired) electrons. The van der Waals surface area contributed by atoms with Gasteiger partial charge in [0, 0.05) is 29.4 Å². The Bertz CT molecular complexity index is 1200. The van der Waals surface area contributed by atoms with E-state index in [0.717, 1.165) is 27.1 Å². The Morgan fingerprint density at radius 2 is 2.03 bits per heavy atom. The smallest absolute Gasteiger partial charge is 0.251 e. The number of hydrogen-bond acceptors (Lipinski definition) is 8. The van der Waals surface area contributed by atoms with Gasteiger partial charge in [-0.3, -0.25) is 4.79 Å². The third-order valence-corrected chi connectivity index (χ3v) is 5.83. The van der Waals surface area contributed by atoms with E-state index in [9.17, 15) is 4.79 Å². The first-order valence-corrected chi connectivity index (χ1v) is 10.5. The number of amides is 1. The van der Waals surface area contributed by atoms with Crippen molar-refractivity contribution in [1.82, 2.24) is 35.0 Å². The van der Waals surface area contributed by atoms with Crippen molar-refractivity contribution in [2.24, 2.45) is 7.05 Å². The van der Waals surface area contributed by atoms with Crippen molar-refractivity contribution < 1.29 is 4.79 Å². The number of aromatic nitrogens is 6. The molecule has 0 saturated heterocycles. The predicted molar refractivity (Wildman–Crippen MR) is 119 cm³/mol. The molecule has 0 fully saturated rings. The van der Waals surface area contributed by atoms with Crippen LogP contribution in [-0.4, -0.2) is 35.6 Å². The van der Waals surface area contributed by atoms with Crippen LogP contribution in [0.25, 0.3) is 11.5 Å². The summed E-state index contributed by atoms with van der Waals surface area (Å²) in [5, 5.41) is 15.7. The van der Waals surface area contributed by atoms with E-state index in [1.807, 2.05) is 43.7 Å². The Kier molecular flexibility index (Phi) is 5.99. The first kappa shape index (κ1) is 20.6. The zero-order valence-corrected chi connectivity index (χ0v) is 18.3. The molecule has 0 aliphatic rings. The number of nitrogens with zero attached hydrogens (tertiary/aromatic N) is 6. The molecule has 0 aliphatic heterocycles. The number of aryl methyl sites for hydroxylation is 2. The molecule has 3 aromatic heterocycles. The van der Waals surface area contributed by atoms with Gasteiger partial charge in [-0.1, -0.05) is 6.07 Å². The zero-order valence-electron chi connectivity index (χ0n) is 17.5. The second kappa shape index (κ2) is 9.00. The second-order valence-electron chi connectivity index (χ2n) is 6.95. The van der Waals surface area contributed by atoms with Gasteiger partial charge in [0.15, 0.2) is 11.6 Å². The Hall–Kier alpha value is -3.66. The molecule has 0 bridgehead atoms. The fourth-order valence-corrected chi connectivity index (χ4v) is 3.99. The summed E-state index contributed by atoms with van der Waals surface area (Å²) in [6.45, 7) is 4.85. The molecule has 31 heavy (non-hydrogen) atoms. The number of thiazole rings is 1. The van der Waals surface area contributed by atoms with Gasteiger partial charge in [-0.05, 0) is 38.1 Å². The van der Waals surface area contributed by atoms with E-state index in [4.69, 9.17) is 0 Å². The van der Waals surface area contributed by atoms with E-state index < -0.39 is 0 Å². The normalized spacial score (nSPS) is 10.8. The molecule has 0 spiro atoms. The molecule has 10 heteroatoms. The number of anilines is 1. The monoisotopic (exact) mass is 434 g/mol. The highest BCUT2D eigenvalue weighted by Gasteiger charge is 2.12. The molecule has 4 rings (SSSR count). The van der Waals surface area contributed by atoms with Crippen molar-refractivity contribution in [3.05, 3.63) is 69.8 Å². The third-order valence-electron chi connectivity index (χ3n) is 4.76. The molecule has 4 aromatic rings. The zero-order chi connectivity index (χ0) is 21.8. The Morgan fingerprint density at radius 1 is 1.16 bits per heavy atom. The minimum Gasteiger partial charge on any atom is -0.378 e. The van der Waals surface area contributed by atoms with Crippen molar-refractivity contribution in [1.29, 1.82) is 0 Å². The third kappa shape index (κ3) is 4.75. The van der Waals surface area contributed by atoms with Gasteiger partial charge < -0.3 is 15.2 Å². The molecular formula is C21H22N8OS. The highest BCUT2D eigenvalue weighted by molar-refractivity contribution is 7.11. The lowest BCUT2D eigenvalue weighted by Crippen LogP contribution is -2.22. The molecule has 1 amide bonds. The first-order valence-electron chi connectivity index (χ1n) is 9.71. The largest absolute Gasteiger partial charge is 0.378 e. The van der Waals surface area contributed by atoms with Crippen LogP contribution in [0.1, 0.15) is 31.8 Å². The number of carbonyl (C=O) groups excluding carboxylic acids is 1. The molecule has 0 atom stereocenters. The van der Waals surface area contributed by atoms with E-state index in [-0.39, 0.29) is 5.91 Å². The van der Waals surface area contributed by atoms with Crippen molar-refractivity contribution in [2.75, 3.05) is 5.32 Å². The predicted octanol–water partition coefficient (Wildman–Crippen LogP) is 2.89. The summed E-state index contributed by atoms with van der Waals surface area (Å²) in [4.78, 5) is 26.2. The van der Waals surface area contributed by atoms with E-state index in [1.54, 1.807) is 29.7 Å². The highest BCUT2D eigenvalue weighted by Crippen LogP contribution is 2.18. The SMILES string of the molecule is Cc1nc(C)c(CNC(=O)c2cccc(NCc3nnc(-c4ccncn4)n3C)c2)s1. The van der Waals surface area contributed by atoms with Crippen LogP contribution in [0, 0.1) is 13.8 Å². The minimum absolute atomic E-state index is 0.126. The molecule has 0 unspecified atom stereocenters. The van der Waals surface area contributed by atoms with Gasteiger partial charge in [-0.2, -0.15) is 0 Å². The average Bonchev–Trinajstić information content (AvgIpc) is 3.31. The van der Waals surface area contributed by atoms with Crippen LogP contribution >= 0.6 is 11.3 Å². The highest BCUT2D eigenvalue weighted by atomic mass is 32.1. The Morgan fingerprint density at radius 3 is 2.77 bits per heavy atom. The van der Waals surface area contributed by atoms with Crippen LogP contribution in [0.2, 0.25) is 0 Å². The first-order chi connectivity index (χ1) is 15.0. The van der Waals surface area contributed by atoms with Crippen LogP contribution in [0.4, 0.5) is 5.69 Å². The van der Waals surface area contributed by atoms with Crippen molar-refractivity contribution >= 4 is 22.9 Å². The van der Waals surface area contributed by atoms with Gasteiger partial charge in [0.05, 0.1) is 23.8 Å². The van der Waals surface area contributed by atoms with E-state index in [2.05, 4.69) is 35.8 Å². The number of benzene rings is 1. The minimum atomic E-state index is -0.126. The maximum Gasteiger partial charge on any atom is 0.251 e. The molecule has 3 heterocycles. The lowest BCUT2D eigenvalue weighted by atomic mass is 10.2. The molecule has 2 N–H and O–H groups in total. The number of nitrogens with one attached hydrogen (secondary N) is 2. The molecule has 0 saturated carbocycles. The summed E-state index contributed by atoms with van der Waals surface area (Å²) >= 11 is 1.60. The van der Waals surface area contributed by atoms with Crippen LogP contribution in [0.15, 0.2) is 42.9 Å². The summed E-state index contributed by atoms with van der Waals surface area (Å²) in [6, 6.07) is 9.17. The Balaban J connectivity index is 1.39. The summed E-state index contributed by atoms with van der Waals surface area (Å²) in [6.07, 6.45) is 3.15. The standard InChI is InChI=1S/C21H22N8OS/c1-13-18(31-14(2)26-13)10-24-21(30)15-5-4-6-16(9-15)23-11-19-27-28-20(29(19)3)17-7-8-22-12-25-17/h4-9,12,23H,10-11H2,1-3H3,(H,24,30). The van der Waals surface area contributed by atoms with Gasteiger partial charge >= 0.3 is 0 Å². The summed E-state index contributed by atoms with van der Waals surface area (Å²) in [5.41, 5.74) is 3.08. The van der Waals surface area contributed by atoms with Crippen LogP contribution in [-0.2, 0) is 20.1 Å². The lowest BCUT2D eigenvalue weighted by Gasteiger charge is -2.09. The van der Waals surface area contributed by atoms with Crippen molar-refractivity contribution in [2.45, 2.75) is 26.9 Å². The van der Waals surface area contributed by atoms with Crippen LogP contribution in [0.3, 0.4) is 0 Å². The van der Waals surface area contributed by atoms with Gasteiger partial charge in [-0.25, -0.2) is 15.0 Å². The van der Waals surface area contributed by atoms with Crippen molar-refractivity contribution in [3.8, 4) is 11.5 Å². The molecular weight excluding hydrogens is 412 g/mol. The fourth-order valence-electron chi connectivity index (χ4n) is 3.11. The summed E-state index contributed by atoms with van der Waals surface area (Å²) in [7, 11) is 1.89. The molecule has 158 valence electrons. The van der Waals surface area contributed by atoms with Crippen LogP contribution in [0.5, 0.6) is 0 Å². The number of carbonyl (C=O) groups is 1. The summed E-state index contributed by atoms with van der Waals surface area (Å²) in [5.74, 6) is 1.29. The van der Waals surface area contributed by atoms with Gasteiger partial charge in [0.1, 0.15) is 12.0 Å². The van der Waals surface area contributed by atoms with Crippen molar-refractivity contribution in [3.63, 3.8) is 0 Å². The molecule has 1 aromatic carbocycles. The number of hydrogen-bond donors (Lipinski definition) is 2. The quantitative estimate of drug-likeness (QED) is 0.460. The second-order valence-corrected chi connectivity index (χ2v) is 8.24.